The fraction of sp³-hybridized carbons (Fsp3) is 0.421. The van der Waals surface area contributed by atoms with E-state index in [-0.39, 0.29) is 23.9 Å². The molecule has 0 bridgehead atoms. The van der Waals surface area contributed by atoms with Crippen LogP contribution in [0.15, 0.2) is 40.8 Å². The first-order valence-electron chi connectivity index (χ1n) is 8.27. The average molecular weight is 349 g/mol. The molecule has 1 saturated carbocycles. The fourth-order valence-corrected chi connectivity index (χ4v) is 2.88. The van der Waals surface area contributed by atoms with Crippen LogP contribution in [0.3, 0.4) is 0 Å². The molecule has 1 heterocycles. The second-order valence-electron chi connectivity index (χ2n) is 6.56. The lowest BCUT2D eigenvalue weighted by molar-refractivity contribution is 0.0870. The van der Waals surface area contributed by atoms with E-state index in [1.165, 1.54) is 5.56 Å². The third kappa shape index (κ3) is 3.82. The van der Waals surface area contributed by atoms with E-state index in [0.29, 0.717) is 24.0 Å². The van der Waals surface area contributed by atoms with Gasteiger partial charge in [0.25, 0.3) is 5.91 Å². The molecule has 2 aromatic rings. The van der Waals surface area contributed by atoms with Gasteiger partial charge in [0.05, 0.1) is 5.54 Å². The van der Waals surface area contributed by atoms with Crippen molar-refractivity contribution >= 4 is 18.3 Å². The Bertz CT molecular complexity index is 692. The largest absolute Gasteiger partial charge is 0.451 e. The van der Waals surface area contributed by atoms with Crippen molar-refractivity contribution in [1.29, 1.82) is 0 Å². The summed E-state index contributed by atoms with van der Waals surface area (Å²) in [5.74, 6) is 1.33. The maximum absolute atomic E-state index is 12.4. The first-order chi connectivity index (χ1) is 11.1. The lowest BCUT2D eigenvalue weighted by Gasteiger charge is -2.28. The molecule has 4 nitrogen and oxygen atoms in total. The number of furan rings is 1. The molecule has 24 heavy (non-hydrogen) atoms. The topological polar surface area (TPSA) is 68.3 Å². The van der Waals surface area contributed by atoms with E-state index in [4.69, 9.17) is 10.2 Å². The number of carbonyl (C=O) groups excluding carboxylic acids is 1. The highest BCUT2D eigenvalue weighted by Crippen LogP contribution is 2.39. The molecular formula is C19H25ClN2O2. The normalized spacial score (nSPS) is 16.1. The average Bonchev–Trinajstić information content (AvgIpc) is 3.32. The van der Waals surface area contributed by atoms with Crippen molar-refractivity contribution in [2.24, 2.45) is 11.7 Å². The van der Waals surface area contributed by atoms with Gasteiger partial charge in [-0.2, -0.15) is 0 Å². The summed E-state index contributed by atoms with van der Waals surface area (Å²) >= 11 is 0. The third-order valence-corrected chi connectivity index (χ3v) is 4.78. The Balaban J connectivity index is 0.00000208. The van der Waals surface area contributed by atoms with E-state index in [9.17, 15) is 4.79 Å². The van der Waals surface area contributed by atoms with E-state index >= 15 is 0 Å². The Labute approximate surface area is 149 Å². The van der Waals surface area contributed by atoms with Crippen LogP contribution in [0.2, 0.25) is 0 Å². The first kappa shape index (κ1) is 18.6. The predicted molar refractivity (Wildman–Crippen MR) is 98.4 cm³/mol. The predicted octanol–water partition coefficient (Wildman–Crippen LogP) is 3.79. The Morgan fingerprint density at radius 1 is 1.25 bits per heavy atom. The molecule has 1 amide bonds. The molecule has 1 fully saturated rings. The number of nitrogens with two attached hydrogens (primary N) is 1. The second kappa shape index (κ2) is 7.41. The molecule has 1 unspecified atom stereocenters. The monoisotopic (exact) mass is 348 g/mol. The van der Waals surface area contributed by atoms with Crippen LogP contribution in [0.5, 0.6) is 0 Å². The molecular weight excluding hydrogens is 324 g/mol. The van der Waals surface area contributed by atoms with Crippen LogP contribution in [0.1, 0.15) is 42.8 Å². The van der Waals surface area contributed by atoms with Crippen molar-refractivity contribution in [2.75, 3.05) is 6.54 Å². The van der Waals surface area contributed by atoms with E-state index in [0.717, 1.165) is 24.8 Å². The minimum atomic E-state index is -0.340. The van der Waals surface area contributed by atoms with Crippen molar-refractivity contribution < 1.29 is 9.21 Å². The van der Waals surface area contributed by atoms with Gasteiger partial charge < -0.3 is 15.5 Å². The maximum Gasteiger partial charge on any atom is 0.287 e. The molecule has 1 aromatic carbocycles. The number of rotatable bonds is 6. The van der Waals surface area contributed by atoms with Crippen LogP contribution in [0.4, 0.5) is 0 Å². The van der Waals surface area contributed by atoms with Crippen LogP contribution in [-0.4, -0.2) is 18.0 Å². The van der Waals surface area contributed by atoms with Gasteiger partial charge in [0.15, 0.2) is 5.76 Å². The number of nitrogens with one attached hydrogen (secondary N) is 1. The molecule has 1 aliphatic carbocycles. The van der Waals surface area contributed by atoms with Crippen LogP contribution in [0, 0.1) is 5.92 Å². The number of halogens is 1. The number of hydrogen-bond donors (Lipinski definition) is 2. The number of hydrogen-bond acceptors (Lipinski definition) is 3. The van der Waals surface area contributed by atoms with E-state index in [2.05, 4.69) is 24.4 Å². The van der Waals surface area contributed by atoms with Gasteiger partial charge in [-0.1, -0.05) is 31.2 Å². The Morgan fingerprint density at radius 3 is 2.46 bits per heavy atom. The van der Waals surface area contributed by atoms with Crippen molar-refractivity contribution in [3.05, 3.63) is 47.7 Å². The van der Waals surface area contributed by atoms with Crippen molar-refractivity contribution in [3.8, 4) is 11.3 Å². The van der Waals surface area contributed by atoms with E-state index in [1.807, 2.05) is 25.1 Å². The Kier molecular flexibility index (Phi) is 5.73. The standard InChI is InChI=1S/C19H24N2O2.ClH/c1-3-13-4-6-14(7-5-13)16-10-11-17(23-16)18(22)21-19(2,12-20)15-8-9-15;/h4-7,10-11,15H,3,8-9,12,20H2,1-2H3,(H,21,22);1H. The van der Waals surface area contributed by atoms with Gasteiger partial charge in [0.1, 0.15) is 5.76 Å². The zero-order valence-electron chi connectivity index (χ0n) is 14.2. The Hall–Kier alpha value is -1.78. The van der Waals surface area contributed by atoms with Crippen molar-refractivity contribution in [3.63, 3.8) is 0 Å². The first-order valence-corrected chi connectivity index (χ1v) is 8.27. The van der Waals surface area contributed by atoms with Crippen LogP contribution in [0.25, 0.3) is 11.3 Å². The molecule has 1 atom stereocenters. The molecule has 130 valence electrons. The molecule has 1 aromatic heterocycles. The minimum Gasteiger partial charge on any atom is -0.451 e. The summed E-state index contributed by atoms with van der Waals surface area (Å²) in [6.45, 7) is 4.57. The Morgan fingerprint density at radius 2 is 1.92 bits per heavy atom. The molecule has 0 saturated heterocycles. The van der Waals surface area contributed by atoms with Crippen molar-refractivity contribution in [2.45, 2.75) is 38.6 Å². The SMILES string of the molecule is CCc1ccc(-c2ccc(C(=O)NC(C)(CN)C3CC3)o2)cc1.Cl. The molecule has 5 heteroatoms. The summed E-state index contributed by atoms with van der Waals surface area (Å²) in [5.41, 5.74) is 7.77. The number of benzene rings is 1. The second-order valence-corrected chi connectivity index (χ2v) is 6.56. The van der Waals surface area contributed by atoms with E-state index in [1.54, 1.807) is 6.07 Å². The van der Waals surface area contributed by atoms with Gasteiger partial charge in [0.2, 0.25) is 0 Å². The zero-order chi connectivity index (χ0) is 16.4. The van der Waals surface area contributed by atoms with Gasteiger partial charge in [-0.05, 0) is 49.8 Å². The molecule has 3 N–H and O–H groups in total. The molecule has 1 aliphatic rings. The summed E-state index contributed by atoms with van der Waals surface area (Å²) in [7, 11) is 0. The van der Waals surface area contributed by atoms with Gasteiger partial charge in [-0.15, -0.1) is 12.4 Å². The van der Waals surface area contributed by atoms with Crippen LogP contribution in [-0.2, 0) is 6.42 Å². The van der Waals surface area contributed by atoms with Gasteiger partial charge in [-0.25, -0.2) is 0 Å². The lowest BCUT2D eigenvalue weighted by atomic mass is 9.96. The highest BCUT2D eigenvalue weighted by molar-refractivity contribution is 5.92. The highest BCUT2D eigenvalue weighted by Gasteiger charge is 2.42. The number of carbonyl (C=O) groups is 1. The fourth-order valence-electron chi connectivity index (χ4n) is 2.88. The molecule has 0 radical (unpaired) electrons. The molecule has 0 aliphatic heterocycles. The van der Waals surface area contributed by atoms with Gasteiger partial charge in [-0.3, -0.25) is 4.79 Å². The van der Waals surface area contributed by atoms with Crippen molar-refractivity contribution in [1.82, 2.24) is 5.32 Å². The van der Waals surface area contributed by atoms with Gasteiger partial charge >= 0.3 is 0 Å². The summed E-state index contributed by atoms with van der Waals surface area (Å²) in [4.78, 5) is 12.4. The highest BCUT2D eigenvalue weighted by atomic mass is 35.5. The quantitative estimate of drug-likeness (QED) is 0.834. The van der Waals surface area contributed by atoms with Crippen LogP contribution >= 0.6 is 12.4 Å². The lowest BCUT2D eigenvalue weighted by Crippen LogP contribution is -2.53. The minimum absolute atomic E-state index is 0. The van der Waals surface area contributed by atoms with E-state index < -0.39 is 0 Å². The van der Waals surface area contributed by atoms with Crippen LogP contribution < -0.4 is 11.1 Å². The molecule has 3 rings (SSSR count). The number of aryl methyl sites for hydroxylation is 1. The smallest absolute Gasteiger partial charge is 0.287 e. The van der Waals surface area contributed by atoms with Gasteiger partial charge in [0, 0.05) is 12.1 Å². The summed E-state index contributed by atoms with van der Waals surface area (Å²) in [5, 5.41) is 3.05. The summed E-state index contributed by atoms with van der Waals surface area (Å²) < 4.78 is 5.74. The maximum atomic E-state index is 12.4. The zero-order valence-corrected chi connectivity index (χ0v) is 15.0. The molecule has 0 spiro atoms. The number of amides is 1. The summed E-state index contributed by atoms with van der Waals surface area (Å²) in [6, 6.07) is 11.8. The third-order valence-electron chi connectivity index (χ3n) is 4.78. The summed E-state index contributed by atoms with van der Waals surface area (Å²) in [6.07, 6.45) is 3.26.